The van der Waals surface area contributed by atoms with E-state index < -0.39 is 94.5 Å². The molecule has 518 valence electrons. The molecule has 3 aliphatic heterocycles. The molecule has 3 unspecified atom stereocenters. The van der Waals surface area contributed by atoms with Crippen LogP contribution in [-0.2, 0) is 96.9 Å². The molecule has 2 amide bonds. The lowest BCUT2D eigenvalue weighted by Crippen LogP contribution is -2.39. The van der Waals surface area contributed by atoms with Crippen LogP contribution >= 0.6 is 0 Å². The zero-order valence-corrected chi connectivity index (χ0v) is 51.3. The summed E-state index contributed by atoms with van der Waals surface area (Å²) in [4.78, 5) is 23.6. The molecule has 0 spiro atoms. The number of halogens is 18. The second kappa shape index (κ2) is 32.3. The third-order valence-electron chi connectivity index (χ3n) is 17.1. The number of hydrogen-bond acceptors (Lipinski definition) is 6. The Hall–Kier alpha value is -7.16. The van der Waals surface area contributed by atoms with Crippen LogP contribution in [0.5, 0.6) is 0 Å². The Morgan fingerprint density at radius 3 is 0.979 bits per heavy atom. The minimum atomic E-state index is -4.91. The monoisotopic (exact) mass is 1360 g/mol. The summed E-state index contributed by atoms with van der Waals surface area (Å²) < 4.78 is 253. The summed E-state index contributed by atoms with van der Waals surface area (Å²) in [6, 6.07) is 33.0. The van der Waals surface area contributed by atoms with E-state index in [1.54, 1.807) is 0 Å². The number of amides is 2. The van der Waals surface area contributed by atoms with Crippen molar-refractivity contribution < 1.29 is 103 Å². The molecule has 95 heavy (non-hydrogen) atoms. The number of hydrogen-bond donors (Lipinski definition) is 3. The molecule has 0 bridgehead atoms. The lowest BCUT2D eigenvalue weighted by molar-refractivity contribution is -0.144. The first kappa shape index (κ1) is 75.2. The molecule has 0 aliphatic carbocycles. The van der Waals surface area contributed by atoms with Crippen molar-refractivity contribution in [1.29, 1.82) is 0 Å². The number of rotatable bonds is 15. The van der Waals surface area contributed by atoms with Gasteiger partial charge >= 0.3 is 37.1 Å². The Bertz CT molecular complexity index is 3290. The average Bonchev–Trinajstić information content (AvgIpc) is 1.33. The zero-order valence-electron chi connectivity index (χ0n) is 51.3. The molecule has 9 rings (SSSR count). The quantitative estimate of drug-likeness (QED) is 0.0887. The molecular weight excluding hydrogens is 1290 g/mol. The van der Waals surface area contributed by atoms with Crippen molar-refractivity contribution in [3.05, 3.63) is 212 Å². The standard InChI is InChI=1S/2C23H23F6NO2.C23H25F6NO/c24-22(25,26)18-11-16(12-19(13-18)23(27,28)29)14-32-15-21(17-5-2-1-3-6-17)8-4-10-30-20(31)7-9-21;24-22(25,26)18-11-16(12-19(13-18)23(27,28)29)14-32-15-21(17-5-2-1-3-6-17)8-4-7-20(31)30-10-9-21;24-22(25,26)19-12-17(13-20(14-19)23(27,28)29)15-31-16-21(18-6-2-1-3-7-18)8-4-5-10-30-11-9-21/h2*1-3,5-6,11-13H,4,7-10,14-15H2,(H,30,31);1-3,6-7,12-14,30H,4-5,8-11,15-16H2. The molecule has 0 aromatic heterocycles. The van der Waals surface area contributed by atoms with Gasteiger partial charge in [0.05, 0.1) is 73.0 Å². The normalized spacial score (nSPS) is 20.5. The molecule has 3 aliphatic rings. The molecule has 6 aromatic carbocycles. The van der Waals surface area contributed by atoms with E-state index in [2.05, 4.69) is 16.0 Å². The van der Waals surface area contributed by atoms with Gasteiger partial charge in [0.2, 0.25) is 11.8 Å². The number of carbonyl (C=O) groups excluding carboxylic acids is 2. The largest absolute Gasteiger partial charge is 0.416 e. The van der Waals surface area contributed by atoms with Crippen LogP contribution in [0.4, 0.5) is 79.0 Å². The highest BCUT2D eigenvalue weighted by Crippen LogP contribution is 2.43. The van der Waals surface area contributed by atoms with Gasteiger partial charge in [-0.3, -0.25) is 9.59 Å². The Balaban J connectivity index is 0.000000201. The van der Waals surface area contributed by atoms with Gasteiger partial charge in [-0.1, -0.05) is 97.4 Å². The van der Waals surface area contributed by atoms with Gasteiger partial charge in [-0.2, -0.15) is 79.0 Å². The van der Waals surface area contributed by atoms with Crippen molar-refractivity contribution in [2.75, 3.05) is 46.0 Å². The second-order valence-electron chi connectivity index (χ2n) is 24.0. The molecule has 26 heteroatoms. The number of carbonyl (C=O) groups is 2. The van der Waals surface area contributed by atoms with Crippen LogP contribution in [0.3, 0.4) is 0 Å². The Morgan fingerprint density at radius 2 is 0.621 bits per heavy atom. The van der Waals surface area contributed by atoms with Gasteiger partial charge in [-0.05, 0) is 159 Å². The summed E-state index contributed by atoms with van der Waals surface area (Å²) in [7, 11) is 0. The van der Waals surface area contributed by atoms with Gasteiger partial charge in [0.1, 0.15) is 0 Å². The fourth-order valence-corrected chi connectivity index (χ4v) is 12.1. The third-order valence-corrected chi connectivity index (χ3v) is 17.1. The van der Waals surface area contributed by atoms with Gasteiger partial charge in [0.25, 0.3) is 0 Å². The molecule has 3 fully saturated rings. The fourth-order valence-electron chi connectivity index (χ4n) is 12.1. The van der Waals surface area contributed by atoms with Crippen molar-refractivity contribution in [2.45, 2.75) is 150 Å². The number of alkyl halides is 18. The van der Waals surface area contributed by atoms with Gasteiger partial charge in [-0.25, -0.2) is 0 Å². The maximum absolute atomic E-state index is 13.1. The van der Waals surface area contributed by atoms with E-state index in [0.717, 1.165) is 67.6 Å². The summed E-state index contributed by atoms with van der Waals surface area (Å²) in [6.07, 6.45) is -21.7. The Kier molecular flexibility index (Phi) is 25.5. The van der Waals surface area contributed by atoms with E-state index in [0.29, 0.717) is 82.3 Å². The van der Waals surface area contributed by atoms with Crippen LogP contribution in [-0.4, -0.2) is 57.8 Å². The molecule has 6 aromatic rings. The van der Waals surface area contributed by atoms with Crippen LogP contribution in [0.2, 0.25) is 0 Å². The van der Waals surface area contributed by atoms with Gasteiger partial charge in [0.15, 0.2) is 0 Å². The molecule has 8 nitrogen and oxygen atoms in total. The molecule has 0 saturated carbocycles. The number of nitrogens with one attached hydrogen (secondary N) is 3. The van der Waals surface area contributed by atoms with Crippen molar-refractivity contribution in [1.82, 2.24) is 16.0 Å². The second-order valence-corrected chi connectivity index (χ2v) is 24.0. The minimum absolute atomic E-state index is 0.0452. The van der Waals surface area contributed by atoms with E-state index in [9.17, 15) is 88.6 Å². The predicted octanol–water partition coefficient (Wildman–Crippen LogP) is 18.1. The first-order chi connectivity index (χ1) is 44.6. The van der Waals surface area contributed by atoms with Gasteiger partial charge in [-0.15, -0.1) is 0 Å². The summed E-state index contributed by atoms with van der Waals surface area (Å²) >= 11 is 0. The van der Waals surface area contributed by atoms with E-state index in [-0.39, 0.29) is 85.0 Å². The van der Waals surface area contributed by atoms with Gasteiger partial charge < -0.3 is 30.2 Å². The summed E-state index contributed by atoms with van der Waals surface area (Å²) in [5.74, 6) is -0.145. The SMILES string of the molecule is FC(F)(F)c1cc(COCC2(c3ccccc3)CCCCNCC2)cc(C(F)(F)F)c1.O=C1CCC(COCc2cc(C(F)(F)F)cc(C(F)(F)F)c2)(c2ccccc2)CCCN1.O=C1CCCC(COCc2cc(C(F)(F)F)cc(C(F)(F)F)c2)(c2ccccc2)CCN1. The highest BCUT2D eigenvalue weighted by Gasteiger charge is 2.42. The van der Waals surface area contributed by atoms with Crippen molar-refractivity contribution >= 4 is 11.8 Å². The van der Waals surface area contributed by atoms with Gasteiger partial charge in [0, 0.05) is 42.2 Å². The van der Waals surface area contributed by atoms with Crippen LogP contribution in [0.25, 0.3) is 0 Å². The average molecular weight is 1360 g/mol. The molecule has 3 heterocycles. The number of ether oxygens (including phenoxy) is 3. The van der Waals surface area contributed by atoms with Crippen LogP contribution < -0.4 is 16.0 Å². The van der Waals surface area contributed by atoms with Crippen molar-refractivity contribution in [3.63, 3.8) is 0 Å². The molecule has 3 saturated heterocycles. The van der Waals surface area contributed by atoms with E-state index in [4.69, 9.17) is 14.2 Å². The molecular formula is C69H71F18N3O5. The lowest BCUT2D eigenvalue weighted by atomic mass is 9.73. The van der Waals surface area contributed by atoms with Crippen LogP contribution in [0.1, 0.15) is 144 Å². The highest BCUT2D eigenvalue weighted by atomic mass is 19.4. The summed E-state index contributed by atoms with van der Waals surface area (Å²) in [5.41, 5.74) is -7.14. The van der Waals surface area contributed by atoms with Crippen molar-refractivity contribution in [2.24, 2.45) is 0 Å². The maximum Gasteiger partial charge on any atom is 0.416 e. The molecule has 0 radical (unpaired) electrons. The summed E-state index contributed by atoms with van der Waals surface area (Å²) in [6.45, 7) is 1.85. The third kappa shape index (κ3) is 22.2. The predicted molar refractivity (Wildman–Crippen MR) is 317 cm³/mol. The minimum Gasteiger partial charge on any atom is -0.376 e. The van der Waals surface area contributed by atoms with Crippen LogP contribution in [0, 0.1) is 0 Å². The van der Waals surface area contributed by atoms with Crippen molar-refractivity contribution in [3.8, 4) is 0 Å². The fraction of sp³-hybridized carbons (Fsp3) is 0.449. The molecule has 3 atom stereocenters. The number of benzene rings is 6. The first-order valence-electron chi connectivity index (χ1n) is 30.6. The van der Waals surface area contributed by atoms with E-state index >= 15 is 0 Å². The highest BCUT2D eigenvalue weighted by molar-refractivity contribution is 5.76. The Labute approximate surface area is 537 Å². The smallest absolute Gasteiger partial charge is 0.376 e. The maximum atomic E-state index is 13.1. The van der Waals surface area contributed by atoms with E-state index in [1.165, 1.54) is 0 Å². The summed E-state index contributed by atoms with van der Waals surface area (Å²) in [5, 5.41) is 8.99. The van der Waals surface area contributed by atoms with E-state index in [1.807, 2.05) is 91.0 Å². The Morgan fingerprint density at radius 1 is 0.316 bits per heavy atom. The first-order valence-corrected chi connectivity index (χ1v) is 30.6. The van der Waals surface area contributed by atoms with Crippen LogP contribution in [0.15, 0.2) is 146 Å². The molecule has 3 N–H and O–H groups in total. The topological polar surface area (TPSA) is 97.9 Å². The lowest BCUT2D eigenvalue weighted by Gasteiger charge is -2.36. The zero-order chi connectivity index (χ0) is 69.4.